The minimum Gasteiger partial charge on any atom is -0.507 e. The molecule has 11 aromatic rings. The van der Waals surface area contributed by atoms with Gasteiger partial charge in [0, 0.05) is 11.1 Å². The van der Waals surface area contributed by atoms with E-state index in [1.807, 2.05) is 66.7 Å². The Kier molecular flexibility index (Phi) is 15.2. The molecule has 0 saturated heterocycles. The Morgan fingerprint density at radius 2 is 0.557 bits per heavy atom. The summed E-state index contributed by atoms with van der Waals surface area (Å²) in [4.78, 5) is 0. The van der Waals surface area contributed by atoms with Crippen molar-refractivity contribution in [2.24, 2.45) is 0 Å². The lowest BCUT2D eigenvalue weighted by Crippen LogP contribution is -2.29. The van der Waals surface area contributed by atoms with Crippen LogP contribution < -0.4 is 5.46 Å². The Bertz CT molecular complexity index is 3380. The van der Waals surface area contributed by atoms with Crippen molar-refractivity contribution >= 4 is 76.8 Å². The van der Waals surface area contributed by atoms with Gasteiger partial charge in [0.2, 0.25) is 0 Å². The molecular weight excluding hydrogens is 999 g/mol. The molecule has 0 radical (unpaired) electrons. The minimum atomic E-state index is -1.42. The van der Waals surface area contributed by atoms with Crippen molar-refractivity contribution in [3.63, 3.8) is 0 Å². The van der Waals surface area contributed by atoms with Crippen LogP contribution in [-0.2, 0) is 0 Å². The van der Waals surface area contributed by atoms with Crippen LogP contribution in [0.5, 0.6) is 23.0 Å². The van der Waals surface area contributed by atoms with Crippen LogP contribution in [0.1, 0.15) is 7.43 Å². The van der Waals surface area contributed by atoms with E-state index in [0.717, 1.165) is 33.4 Å². The first kappa shape index (κ1) is 48.8. The average molecular weight is 1050 g/mol. The summed E-state index contributed by atoms with van der Waals surface area (Å²) in [5.41, 5.74) is 10.1. The third kappa shape index (κ3) is 10.6. The Morgan fingerprint density at radius 1 is 0.286 bits per heavy atom. The van der Waals surface area contributed by atoms with Crippen LogP contribution in [0.25, 0.3) is 88.0 Å². The van der Waals surface area contributed by atoms with Crippen molar-refractivity contribution in [2.75, 3.05) is 0 Å². The summed E-state index contributed by atoms with van der Waals surface area (Å²) in [7, 11) is -1.42. The number of phenolic OH excluding ortho intramolecular Hbond substituents is 4. The van der Waals surface area contributed by atoms with Gasteiger partial charge >= 0.3 is 7.12 Å². The van der Waals surface area contributed by atoms with Gasteiger partial charge in [0.05, 0.1) is 8.95 Å². The molecule has 0 fully saturated rings. The highest BCUT2D eigenvalue weighted by Gasteiger charge is 2.15. The largest absolute Gasteiger partial charge is 0.507 e. The number of aromatic hydroxyl groups is 4. The fraction of sp³-hybridized carbons (Fsp3) is 0.0164. The molecule has 0 spiro atoms. The predicted octanol–water partition coefficient (Wildman–Crippen LogP) is 15.5. The van der Waals surface area contributed by atoms with Crippen LogP contribution in [0.3, 0.4) is 0 Å². The monoisotopic (exact) mass is 1040 g/mol. The number of benzene rings is 11. The normalized spacial score (nSPS) is 10.7. The van der Waals surface area contributed by atoms with E-state index in [1.54, 1.807) is 24.3 Å². The molecule has 0 aromatic heterocycles. The highest BCUT2D eigenvalue weighted by atomic mass is 79.9. The first-order chi connectivity index (χ1) is 33.5. The molecular formula is C61H47BBr2O6. The summed E-state index contributed by atoms with van der Waals surface area (Å²) in [6, 6.07) is 73.4. The second-order valence-electron chi connectivity index (χ2n) is 16.4. The van der Waals surface area contributed by atoms with E-state index in [2.05, 4.69) is 153 Å². The molecule has 0 amide bonds. The van der Waals surface area contributed by atoms with E-state index in [0.29, 0.717) is 25.5 Å². The van der Waals surface area contributed by atoms with Crippen LogP contribution in [0.15, 0.2) is 233 Å². The molecule has 0 aliphatic rings. The van der Waals surface area contributed by atoms with E-state index >= 15 is 0 Å². The van der Waals surface area contributed by atoms with Gasteiger partial charge in [-0.05, 0) is 138 Å². The molecule has 70 heavy (non-hydrogen) atoms. The molecule has 0 saturated carbocycles. The van der Waals surface area contributed by atoms with E-state index in [4.69, 9.17) is 20.3 Å². The number of hydrogen-bond acceptors (Lipinski definition) is 6. The summed E-state index contributed by atoms with van der Waals surface area (Å²) in [5.74, 6) is 0.460. The van der Waals surface area contributed by atoms with Crippen molar-refractivity contribution in [2.45, 2.75) is 7.43 Å². The average Bonchev–Trinajstić information content (AvgIpc) is 3.39. The maximum atomic E-state index is 11.0. The standard InChI is InChI=1S/C38H26O2.C16H13BO2.C6H4Br2O2.CH4/c39-37-24-36(30-21-17-28(18-22-30)34-14-6-10-26-8-2-4-12-32(26)34)38(40)23-35(37)29-19-15-27(16-20-29)33-13-5-9-25-7-1-3-11-31(25)33;18-17(19)14-10-8-13(9-11-14)16-7-3-5-12-4-1-2-6-15(12)16;7-3-1-5(9)4(8)2-6(3)10;/h1-24,39-40H;1-11,18-19H;1-2,9-10H;1H4. The van der Waals surface area contributed by atoms with Gasteiger partial charge in [-0.15, -0.1) is 0 Å². The fourth-order valence-corrected chi connectivity index (χ4v) is 9.15. The molecule has 0 heterocycles. The Balaban J connectivity index is 0.000000181. The van der Waals surface area contributed by atoms with Gasteiger partial charge in [-0.3, -0.25) is 0 Å². The van der Waals surface area contributed by atoms with Crippen molar-refractivity contribution in [3.8, 4) is 78.6 Å². The van der Waals surface area contributed by atoms with Gasteiger partial charge in [-0.25, -0.2) is 0 Å². The maximum Gasteiger partial charge on any atom is 0.488 e. The molecule has 0 unspecified atom stereocenters. The highest BCUT2D eigenvalue weighted by Crippen LogP contribution is 2.42. The van der Waals surface area contributed by atoms with Crippen molar-refractivity contribution in [1.29, 1.82) is 0 Å². The molecule has 11 aromatic carbocycles. The molecule has 11 rings (SSSR count). The van der Waals surface area contributed by atoms with E-state index < -0.39 is 7.12 Å². The summed E-state index contributed by atoms with van der Waals surface area (Å²) >= 11 is 6.10. The van der Waals surface area contributed by atoms with Crippen molar-refractivity contribution < 1.29 is 30.5 Å². The van der Waals surface area contributed by atoms with Crippen LogP contribution in [0.4, 0.5) is 0 Å². The number of hydrogen-bond donors (Lipinski definition) is 6. The van der Waals surface area contributed by atoms with Crippen LogP contribution in [-0.4, -0.2) is 37.6 Å². The number of rotatable bonds is 6. The summed E-state index contributed by atoms with van der Waals surface area (Å²) in [6.07, 6.45) is 0. The van der Waals surface area contributed by atoms with Gasteiger partial charge < -0.3 is 30.5 Å². The number of halogens is 2. The molecule has 0 bridgehead atoms. The van der Waals surface area contributed by atoms with Crippen molar-refractivity contribution in [3.05, 3.63) is 233 Å². The lowest BCUT2D eigenvalue weighted by atomic mass is 9.79. The topological polar surface area (TPSA) is 121 Å². The van der Waals surface area contributed by atoms with Gasteiger partial charge in [0.15, 0.2) is 0 Å². The van der Waals surface area contributed by atoms with Crippen LogP contribution in [0.2, 0.25) is 0 Å². The maximum absolute atomic E-state index is 11.0. The Morgan fingerprint density at radius 3 is 0.871 bits per heavy atom. The quantitative estimate of drug-likeness (QED) is 0.0729. The Hall–Kier alpha value is -7.66. The minimum absolute atomic E-state index is 0. The zero-order valence-corrected chi connectivity index (χ0v) is 40.1. The van der Waals surface area contributed by atoms with E-state index in [-0.39, 0.29) is 30.4 Å². The van der Waals surface area contributed by atoms with Gasteiger partial charge in [0.1, 0.15) is 23.0 Å². The lowest BCUT2D eigenvalue weighted by Gasteiger charge is -2.13. The molecule has 344 valence electrons. The van der Waals surface area contributed by atoms with Gasteiger partial charge in [-0.1, -0.05) is 208 Å². The smallest absolute Gasteiger partial charge is 0.488 e. The zero-order chi connectivity index (χ0) is 48.0. The molecule has 9 heteroatoms. The zero-order valence-electron chi connectivity index (χ0n) is 36.9. The second kappa shape index (κ2) is 21.7. The summed E-state index contributed by atoms with van der Waals surface area (Å²) in [5, 5.41) is 65.5. The van der Waals surface area contributed by atoms with E-state index in [9.17, 15) is 10.2 Å². The molecule has 0 aliphatic carbocycles. The lowest BCUT2D eigenvalue weighted by molar-refractivity contribution is 0.425. The second-order valence-corrected chi connectivity index (χ2v) is 18.1. The molecule has 6 nitrogen and oxygen atoms in total. The Labute approximate surface area is 424 Å². The number of fused-ring (bicyclic) bond motifs is 3. The van der Waals surface area contributed by atoms with Crippen molar-refractivity contribution in [1.82, 2.24) is 0 Å². The highest BCUT2D eigenvalue weighted by molar-refractivity contribution is 9.11. The third-order valence-corrected chi connectivity index (χ3v) is 13.3. The van der Waals surface area contributed by atoms with Gasteiger partial charge in [0.25, 0.3) is 0 Å². The summed E-state index contributed by atoms with van der Waals surface area (Å²) in [6.45, 7) is 0. The van der Waals surface area contributed by atoms with Crippen LogP contribution >= 0.6 is 31.9 Å². The van der Waals surface area contributed by atoms with E-state index in [1.165, 1.54) is 55.6 Å². The summed E-state index contributed by atoms with van der Waals surface area (Å²) < 4.78 is 0.960. The first-order valence-corrected chi connectivity index (χ1v) is 23.7. The fourth-order valence-electron chi connectivity index (χ4n) is 8.49. The number of phenols is 4. The predicted molar refractivity (Wildman–Crippen MR) is 298 cm³/mol. The first-order valence-electron chi connectivity index (χ1n) is 22.1. The molecule has 0 aliphatic heterocycles. The van der Waals surface area contributed by atoms with Crippen LogP contribution in [0, 0.1) is 0 Å². The molecule has 0 atom stereocenters. The molecule has 6 N–H and O–H groups in total. The third-order valence-electron chi connectivity index (χ3n) is 12.0. The van der Waals surface area contributed by atoms with Gasteiger partial charge in [-0.2, -0.15) is 0 Å². The SMILES string of the molecule is C.OB(O)c1ccc(-c2cccc3ccccc23)cc1.Oc1cc(-c2ccc(-c3cccc4ccccc34)cc2)c(O)cc1-c1ccc(-c2cccc3ccccc23)cc1.Oc1cc(Br)c(O)cc1Br.